The fourth-order valence-corrected chi connectivity index (χ4v) is 7.43. The van der Waals surface area contributed by atoms with Crippen LogP contribution in [0.4, 0.5) is 0 Å². The van der Waals surface area contributed by atoms with Gasteiger partial charge in [-0.2, -0.15) is 0 Å². The van der Waals surface area contributed by atoms with E-state index >= 15 is 0 Å². The van der Waals surface area contributed by atoms with Crippen molar-refractivity contribution >= 4 is 17.9 Å². The Labute approximate surface area is 348 Å². The lowest BCUT2D eigenvalue weighted by Crippen LogP contribution is -2.30. The molecule has 0 rings (SSSR count). The van der Waals surface area contributed by atoms with Gasteiger partial charge in [0.2, 0.25) is 0 Å². The first-order valence-electron chi connectivity index (χ1n) is 24.8. The summed E-state index contributed by atoms with van der Waals surface area (Å²) in [7, 11) is 0. The number of esters is 3. The topological polar surface area (TPSA) is 78.9 Å². The molecule has 6 nitrogen and oxygen atoms in total. The predicted octanol–water partition coefficient (Wildman–Crippen LogP) is 15.8. The Morgan fingerprint density at radius 2 is 0.679 bits per heavy atom. The van der Waals surface area contributed by atoms with Crippen LogP contribution in [0, 0.1) is 11.8 Å². The third-order valence-electron chi connectivity index (χ3n) is 11.6. The fourth-order valence-electron chi connectivity index (χ4n) is 7.43. The molecule has 0 aliphatic carbocycles. The molecule has 0 spiro atoms. The van der Waals surface area contributed by atoms with E-state index < -0.39 is 6.10 Å². The van der Waals surface area contributed by atoms with Crippen molar-refractivity contribution in [2.45, 2.75) is 278 Å². The van der Waals surface area contributed by atoms with Gasteiger partial charge in [-0.3, -0.25) is 14.4 Å². The predicted molar refractivity (Wildman–Crippen MR) is 238 cm³/mol. The zero-order chi connectivity index (χ0) is 41.2. The van der Waals surface area contributed by atoms with Crippen LogP contribution in [0.15, 0.2) is 0 Å². The van der Waals surface area contributed by atoms with Crippen molar-refractivity contribution in [3.63, 3.8) is 0 Å². The van der Waals surface area contributed by atoms with E-state index in [4.69, 9.17) is 14.2 Å². The molecule has 0 saturated heterocycles. The standard InChI is InChI=1S/C50H96O6/c1-6-8-9-10-11-12-13-14-15-16-20-25-30-35-40-48(51)54-43-47(44-55-49(52)41-36-31-27-22-23-28-33-38-45(3)4)56-50(53)42-37-32-26-21-18-17-19-24-29-34-39-46(5)7-2/h45-47H,6-44H2,1-5H3/t46?,47-/m1/s1. The maximum atomic E-state index is 12.8. The van der Waals surface area contributed by atoms with E-state index in [1.807, 2.05) is 0 Å². The highest BCUT2D eigenvalue weighted by molar-refractivity contribution is 5.71. The van der Waals surface area contributed by atoms with Gasteiger partial charge in [0.05, 0.1) is 0 Å². The van der Waals surface area contributed by atoms with E-state index in [2.05, 4.69) is 34.6 Å². The highest BCUT2D eigenvalue weighted by atomic mass is 16.6. The lowest BCUT2D eigenvalue weighted by molar-refractivity contribution is -0.167. The van der Waals surface area contributed by atoms with Crippen LogP contribution in [0.2, 0.25) is 0 Å². The first kappa shape index (κ1) is 54.4. The molecule has 56 heavy (non-hydrogen) atoms. The summed E-state index contributed by atoms with van der Waals surface area (Å²) >= 11 is 0. The fraction of sp³-hybridized carbons (Fsp3) is 0.940. The molecule has 0 saturated carbocycles. The van der Waals surface area contributed by atoms with Crippen LogP contribution < -0.4 is 0 Å². The first-order chi connectivity index (χ1) is 27.3. The Hall–Kier alpha value is -1.59. The molecule has 0 amide bonds. The van der Waals surface area contributed by atoms with E-state index in [-0.39, 0.29) is 31.1 Å². The maximum Gasteiger partial charge on any atom is 0.306 e. The number of hydrogen-bond donors (Lipinski definition) is 0. The average molecular weight is 793 g/mol. The van der Waals surface area contributed by atoms with Crippen molar-refractivity contribution < 1.29 is 28.6 Å². The minimum Gasteiger partial charge on any atom is -0.462 e. The second kappa shape index (κ2) is 43.0. The van der Waals surface area contributed by atoms with Crippen molar-refractivity contribution in [3.05, 3.63) is 0 Å². The van der Waals surface area contributed by atoms with Crippen molar-refractivity contribution in [3.8, 4) is 0 Å². The number of unbranched alkanes of at least 4 members (excludes halogenated alkanes) is 28. The molecular weight excluding hydrogens is 697 g/mol. The highest BCUT2D eigenvalue weighted by Gasteiger charge is 2.19. The normalized spacial score (nSPS) is 12.5. The molecule has 0 N–H and O–H groups in total. The van der Waals surface area contributed by atoms with Crippen LogP contribution in [-0.2, 0) is 28.6 Å². The van der Waals surface area contributed by atoms with Crippen LogP contribution >= 0.6 is 0 Å². The molecule has 2 atom stereocenters. The third kappa shape index (κ3) is 42.0. The van der Waals surface area contributed by atoms with Gasteiger partial charge in [-0.05, 0) is 31.1 Å². The minimum atomic E-state index is -0.761. The summed E-state index contributed by atoms with van der Waals surface area (Å²) < 4.78 is 16.8. The molecule has 0 heterocycles. The third-order valence-corrected chi connectivity index (χ3v) is 11.6. The van der Waals surface area contributed by atoms with E-state index in [0.717, 1.165) is 69.6 Å². The van der Waals surface area contributed by atoms with Crippen molar-refractivity contribution in [2.24, 2.45) is 11.8 Å². The largest absolute Gasteiger partial charge is 0.462 e. The Morgan fingerprint density at radius 1 is 0.375 bits per heavy atom. The van der Waals surface area contributed by atoms with Gasteiger partial charge in [0.15, 0.2) is 6.10 Å². The minimum absolute atomic E-state index is 0.0646. The SMILES string of the molecule is CCCCCCCCCCCCCCCCC(=O)OC[C@H](COC(=O)CCCCCCCCCC(C)C)OC(=O)CCCCCCCCCCCCC(C)CC. The average Bonchev–Trinajstić information content (AvgIpc) is 3.18. The summed E-state index contributed by atoms with van der Waals surface area (Å²) in [6.07, 6.45) is 42.3. The Kier molecular flexibility index (Phi) is 41.8. The molecule has 0 aliphatic heterocycles. The number of carbonyl (C=O) groups is 3. The van der Waals surface area contributed by atoms with Gasteiger partial charge in [0.25, 0.3) is 0 Å². The summed E-state index contributed by atoms with van der Waals surface area (Å²) in [6, 6.07) is 0. The summed E-state index contributed by atoms with van der Waals surface area (Å²) in [6.45, 7) is 11.3. The molecule has 0 aliphatic rings. The van der Waals surface area contributed by atoms with Gasteiger partial charge in [0.1, 0.15) is 13.2 Å². The molecule has 0 aromatic rings. The van der Waals surface area contributed by atoms with Crippen LogP contribution in [0.5, 0.6) is 0 Å². The highest BCUT2D eigenvalue weighted by Crippen LogP contribution is 2.17. The van der Waals surface area contributed by atoms with Gasteiger partial charge in [-0.1, -0.05) is 234 Å². The smallest absolute Gasteiger partial charge is 0.306 e. The lowest BCUT2D eigenvalue weighted by atomic mass is 9.99. The second-order valence-corrected chi connectivity index (χ2v) is 17.8. The summed E-state index contributed by atoms with van der Waals surface area (Å²) in [5, 5.41) is 0. The molecule has 0 radical (unpaired) electrons. The number of hydrogen-bond acceptors (Lipinski definition) is 6. The van der Waals surface area contributed by atoms with Gasteiger partial charge in [-0.15, -0.1) is 0 Å². The molecule has 6 heteroatoms. The summed E-state index contributed by atoms with van der Waals surface area (Å²) in [5.74, 6) is 0.795. The molecule has 1 unspecified atom stereocenters. The van der Waals surface area contributed by atoms with Crippen molar-refractivity contribution in [2.75, 3.05) is 13.2 Å². The summed E-state index contributed by atoms with van der Waals surface area (Å²) in [4.78, 5) is 37.8. The molecule has 0 aromatic carbocycles. The Balaban J connectivity index is 4.32. The van der Waals surface area contributed by atoms with Crippen LogP contribution in [0.1, 0.15) is 272 Å². The molecule has 332 valence electrons. The van der Waals surface area contributed by atoms with Crippen LogP contribution in [-0.4, -0.2) is 37.2 Å². The van der Waals surface area contributed by atoms with Crippen molar-refractivity contribution in [1.29, 1.82) is 0 Å². The van der Waals surface area contributed by atoms with E-state index in [9.17, 15) is 14.4 Å². The Morgan fingerprint density at radius 3 is 1.02 bits per heavy atom. The second-order valence-electron chi connectivity index (χ2n) is 17.8. The van der Waals surface area contributed by atoms with Gasteiger partial charge < -0.3 is 14.2 Å². The quantitative estimate of drug-likeness (QED) is 0.0347. The van der Waals surface area contributed by atoms with Crippen LogP contribution in [0.3, 0.4) is 0 Å². The first-order valence-corrected chi connectivity index (χ1v) is 24.8. The molecular formula is C50H96O6. The van der Waals surface area contributed by atoms with E-state index in [1.54, 1.807) is 0 Å². The monoisotopic (exact) mass is 793 g/mol. The zero-order valence-corrected chi connectivity index (χ0v) is 38.3. The number of ether oxygens (including phenoxy) is 3. The number of carbonyl (C=O) groups excluding carboxylic acids is 3. The van der Waals surface area contributed by atoms with Crippen LogP contribution in [0.25, 0.3) is 0 Å². The Bertz CT molecular complexity index is 856. The van der Waals surface area contributed by atoms with Gasteiger partial charge in [-0.25, -0.2) is 0 Å². The maximum absolute atomic E-state index is 12.8. The molecule has 0 fully saturated rings. The number of rotatable bonds is 44. The van der Waals surface area contributed by atoms with E-state index in [1.165, 1.54) is 161 Å². The molecule has 0 aromatic heterocycles. The van der Waals surface area contributed by atoms with Gasteiger partial charge >= 0.3 is 17.9 Å². The van der Waals surface area contributed by atoms with Crippen molar-refractivity contribution in [1.82, 2.24) is 0 Å². The lowest BCUT2D eigenvalue weighted by Gasteiger charge is -2.18. The molecule has 0 bridgehead atoms. The zero-order valence-electron chi connectivity index (χ0n) is 38.3. The van der Waals surface area contributed by atoms with E-state index in [0.29, 0.717) is 19.3 Å². The van der Waals surface area contributed by atoms with Gasteiger partial charge in [0, 0.05) is 19.3 Å². The summed E-state index contributed by atoms with van der Waals surface area (Å²) in [5.41, 5.74) is 0.